The van der Waals surface area contributed by atoms with Crippen LogP contribution in [0.15, 0.2) is 76.1 Å². The third-order valence-electron chi connectivity index (χ3n) is 4.33. The van der Waals surface area contributed by atoms with Gasteiger partial charge in [0.15, 0.2) is 11.6 Å². The van der Waals surface area contributed by atoms with Crippen molar-refractivity contribution in [1.29, 1.82) is 0 Å². The van der Waals surface area contributed by atoms with Crippen LogP contribution in [0.1, 0.15) is 6.92 Å². The fourth-order valence-electron chi connectivity index (χ4n) is 2.83. The highest BCUT2D eigenvalue weighted by atomic mass is 79.9. The van der Waals surface area contributed by atoms with Gasteiger partial charge in [-0.15, -0.1) is 0 Å². The highest BCUT2D eigenvalue weighted by Crippen LogP contribution is 2.27. The van der Waals surface area contributed by atoms with Gasteiger partial charge in [-0.2, -0.15) is 0 Å². The van der Waals surface area contributed by atoms with E-state index in [1.165, 1.54) is 30.3 Å². The topological polar surface area (TPSA) is 75.7 Å². The van der Waals surface area contributed by atoms with Gasteiger partial charge in [0, 0.05) is 16.2 Å². The first-order chi connectivity index (χ1) is 15.2. The summed E-state index contributed by atoms with van der Waals surface area (Å²) in [6.45, 7) is 1.67. The Balaban J connectivity index is 1.93. The van der Waals surface area contributed by atoms with Crippen molar-refractivity contribution in [3.8, 4) is 5.75 Å². The fraction of sp³-hybridized carbons (Fsp3) is 0.136. The number of rotatable bonds is 8. The van der Waals surface area contributed by atoms with Gasteiger partial charge in [0.25, 0.3) is 10.0 Å². The summed E-state index contributed by atoms with van der Waals surface area (Å²) in [5, 5.41) is 2.39. The molecule has 0 radical (unpaired) electrons. The Bertz CT molecular complexity index is 1200. The molecule has 1 amide bonds. The Morgan fingerprint density at radius 2 is 1.66 bits per heavy atom. The molecule has 0 aliphatic carbocycles. The summed E-state index contributed by atoms with van der Waals surface area (Å²) in [7, 11) is -4.12. The van der Waals surface area contributed by atoms with Gasteiger partial charge < -0.3 is 10.1 Å². The van der Waals surface area contributed by atoms with Crippen LogP contribution in [-0.4, -0.2) is 27.5 Å². The third kappa shape index (κ3) is 5.63. The monoisotopic (exact) mass is 524 g/mol. The lowest BCUT2D eigenvalue weighted by Gasteiger charge is -2.24. The molecule has 0 bridgehead atoms. The van der Waals surface area contributed by atoms with Gasteiger partial charge in [-0.05, 0) is 67.6 Å². The van der Waals surface area contributed by atoms with Crippen LogP contribution in [0.3, 0.4) is 0 Å². The number of carbonyl (C=O) groups excluding carboxylic acids is 1. The molecular weight excluding hydrogens is 506 g/mol. The Morgan fingerprint density at radius 1 is 1.00 bits per heavy atom. The smallest absolute Gasteiger partial charge is 0.264 e. The van der Waals surface area contributed by atoms with Crippen molar-refractivity contribution >= 4 is 43.2 Å². The summed E-state index contributed by atoms with van der Waals surface area (Å²) in [5.41, 5.74) is 0.235. The maximum atomic E-state index is 13.5. The zero-order valence-corrected chi connectivity index (χ0v) is 19.3. The average molecular weight is 525 g/mol. The maximum absolute atomic E-state index is 13.5. The molecule has 3 aromatic rings. The first-order valence-corrected chi connectivity index (χ1v) is 11.7. The second-order valence-electron chi connectivity index (χ2n) is 6.57. The number of benzene rings is 3. The number of nitrogens with zero attached hydrogens (tertiary/aromatic N) is 1. The highest BCUT2D eigenvalue weighted by Gasteiger charge is 2.27. The molecule has 3 aromatic carbocycles. The number of nitrogens with one attached hydrogen (secondary N) is 1. The normalized spacial score (nSPS) is 11.1. The number of hydrogen-bond donors (Lipinski definition) is 1. The van der Waals surface area contributed by atoms with Gasteiger partial charge in [-0.1, -0.05) is 15.9 Å². The number of ether oxygens (including phenoxy) is 1. The van der Waals surface area contributed by atoms with E-state index in [4.69, 9.17) is 4.74 Å². The van der Waals surface area contributed by atoms with Crippen molar-refractivity contribution in [2.45, 2.75) is 11.8 Å². The minimum atomic E-state index is -4.12. The molecule has 0 saturated carbocycles. The Morgan fingerprint density at radius 3 is 2.25 bits per heavy atom. The van der Waals surface area contributed by atoms with E-state index in [9.17, 15) is 22.0 Å². The van der Waals surface area contributed by atoms with Crippen molar-refractivity contribution in [2.24, 2.45) is 0 Å². The minimum absolute atomic E-state index is 0.00147. The van der Waals surface area contributed by atoms with Crippen molar-refractivity contribution in [3.63, 3.8) is 0 Å². The lowest BCUT2D eigenvalue weighted by Crippen LogP contribution is -2.38. The number of anilines is 2. The molecule has 10 heteroatoms. The second kappa shape index (κ2) is 10.1. The molecule has 168 valence electrons. The molecule has 6 nitrogen and oxygen atoms in total. The SMILES string of the molecule is CCOc1ccc(N(CC(=O)Nc2ccc(F)c(F)c2)S(=O)(=O)c2ccc(Br)cc2)cc1. The molecule has 0 spiro atoms. The maximum Gasteiger partial charge on any atom is 0.264 e. The van der Waals surface area contributed by atoms with Gasteiger partial charge in [-0.25, -0.2) is 17.2 Å². The summed E-state index contributed by atoms with van der Waals surface area (Å²) in [5.74, 6) is -2.38. The van der Waals surface area contributed by atoms with Crippen molar-refractivity contribution in [3.05, 3.63) is 82.8 Å². The van der Waals surface area contributed by atoms with E-state index in [0.29, 0.717) is 16.8 Å². The summed E-state index contributed by atoms with van der Waals surface area (Å²) >= 11 is 3.26. The van der Waals surface area contributed by atoms with E-state index in [2.05, 4.69) is 21.2 Å². The van der Waals surface area contributed by atoms with E-state index in [1.54, 1.807) is 24.3 Å². The van der Waals surface area contributed by atoms with E-state index in [1.807, 2.05) is 6.92 Å². The van der Waals surface area contributed by atoms with Crippen LogP contribution >= 0.6 is 15.9 Å². The van der Waals surface area contributed by atoms with Crippen LogP contribution in [0.25, 0.3) is 0 Å². The largest absolute Gasteiger partial charge is 0.494 e. The Kier molecular flexibility index (Phi) is 7.47. The summed E-state index contributed by atoms with van der Waals surface area (Å²) in [4.78, 5) is 12.6. The quantitative estimate of drug-likeness (QED) is 0.451. The van der Waals surface area contributed by atoms with Gasteiger partial charge >= 0.3 is 0 Å². The molecule has 0 aromatic heterocycles. The first kappa shape index (κ1) is 23.7. The van der Waals surface area contributed by atoms with E-state index < -0.39 is 34.1 Å². The summed E-state index contributed by atoms with van der Waals surface area (Å²) < 4.78 is 60.3. The highest BCUT2D eigenvalue weighted by molar-refractivity contribution is 9.10. The first-order valence-electron chi connectivity index (χ1n) is 9.47. The van der Waals surface area contributed by atoms with Crippen LogP contribution in [0.4, 0.5) is 20.2 Å². The van der Waals surface area contributed by atoms with Gasteiger partial charge in [0.05, 0.1) is 17.2 Å². The molecule has 0 aliphatic heterocycles. The molecule has 0 saturated heterocycles. The van der Waals surface area contributed by atoms with E-state index in [0.717, 1.165) is 16.4 Å². The number of halogens is 3. The molecule has 0 atom stereocenters. The van der Waals surface area contributed by atoms with Crippen LogP contribution in [0.2, 0.25) is 0 Å². The Labute approximate surface area is 193 Å². The molecule has 1 N–H and O–H groups in total. The number of carbonyl (C=O) groups is 1. The molecular formula is C22H19BrF2N2O4S. The van der Waals surface area contributed by atoms with Crippen LogP contribution in [-0.2, 0) is 14.8 Å². The predicted octanol–water partition coefficient (Wildman–Crippen LogP) is 4.96. The Hall–Kier alpha value is -2.98. The van der Waals surface area contributed by atoms with Crippen LogP contribution < -0.4 is 14.4 Å². The standard InChI is InChI=1S/C22H19BrF2N2O4S/c1-2-31-18-8-6-17(7-9-18)27(32(29,30)19-10-3-15(23)4-11-19)14-22(28)26-16-5-12-20(24)21(25)13-16/h3-13H,2,14H2,1H3,(H,26,28). The second-order valence-corrected chi connectivity index (χ2v) is 9.35. The predicted molar refractivity (Wildman–Crippen MR) is 121 cm³/mol. The van der Waals surface area contributed by atoms with Crippen molar-refractivity contribution in [1.82, 2.24) is 0 Å². The third-order valence-corrected chi connectivity index (χ3v) is 6.64. The van der Waals surface area contributed by atoms with Crippen molar-refractivity contribution < 1.29 is 26.7 Å². The van der Waals surface area contributed by atoms with Crippen molar-refractivity contribution in [2.75, 3.05) is 22.8 Å². The zero-order chi connectivity index (χ0) is 23.3. The molecule has 32 heavy (non-hydrogen) atoms. The van der Waals surface area contributed by atoms with E-state index >= 15 is 0 Å². The zero-order valence-electron chi connectivity index (χ0n) is 16.9. The molecule has 3 rings (SSSR count). The lowest BCUT2D eigenvalue weighted by atomic mass is 10.3. The molecule has 0 fully saturated rings. The molecule has 0 aliphatic rings. The van der Waals surface area contributed by atoms with Gasteiger partial charge in [-0.3, -0.25) is 9.10 Å². The summed E-state index contributed by atoms with van der Waals surface area (Å²) in [6.07, 6.45) is 0. The number of sulfonamides is 1. The number of hydrogen-bond acceptors (Lipinski definition) is 4. The molecule has 0 unspecified atom stereocenters. The lowest BCUT2D eigenvalue weighted by molar-refractivity contribution is -0.114. The summed E-state index contributed by atoms with van der Waals surface area (Å²) in [6, 6.07) is 15.1. The average Bonchev–Trinajstić information content (AvgIpc) is 2.76. The van der Waals surface area contributed by atoms with E-state index in [-0.39, 0.29) is 16.3 Å². The minimum Gasteiger partial charge on any atom is -0.494 e. The molecule has 0 heterocycles. The fourth-order valence-corrected chi connectivity index (χ4v) is 4.51. The van der Waals surface area contributed by atoms with Crippen LogP contribution in [0.5, 0.6) is 5.75 Å². The van der Waals surface area contributed by atoms with Crippen LogP contribution in [0, 0.1) is 11.6 Å². The van der Waals surface area contributed by atoms with Gasteiger partial charge in [0.1, 0.15) is 12.3 Å². The number of amides is 1. The van der Waals surface area contributed by atoms with Gasteiger partial charge in [0.2, 0.25) is 5.91 Å².